The van der Waals surface area contributed by atoms with E-state index in [1.807, 2.05) is 0 Å². The Morgan fingerprint density at radius 1 is 1.56 bits per heavy atom. The molecule has 0 atom stereocenters. The molecule has 0 bridgehead atoms. The first-order valence-corrected chi connectivity index (χ1v) is 5.49. The van der Waals surface area contributed by atoms with Crippen LogP contribution >= 0.6 is 11.6 Å². The summed E-state index contributed by atoms with van der Waals surface area (Å²) in [7, 11) is 1.60. The third-order valence-electron chi connectivity index (χ3n) is 2.20. The Morgan fingerprint density at radius 3 is 2.78 bits per heavy atom. The van der Waals surface area contributed by atoms with Gasteiger partial charge in [0.15, 0.2) is 0 Å². The zero-order chi connectivity index (χ0) is 13.7. The summed E-state index contributed by atoms with van der Waals surface area (Å²) in [6.45, 7) is 3.92. The first-order chi connectivity index (χ1) is 8.45. The second-order valence-corrected chi connectivity index (χ2v) is 4.01. The number of carbonyl (C=O) groups is 2. The Bertz CT molecular complexity index is 488. The summed E-state index contributed by atoms with van der Waals surface area (Å²) < 4.78 is 0. The molecular formula is C12H13ClN2O3. The second kappa shape index (κ2) is 6.07. The summed E-state index contributed by atoms with van der Waals surface area (Å²) in [5, 5.41) is 11.6. The maximum atomic E-state index is 11.7. The van der Waals surface area contributed by atoms with Crippen LogP contribution < -0.4 is 5.32 Å². The van der Waals surface area contributed by atoms with E-state index in [0.717, 1.165) is 0 Å². The number of benzene rings is 1. The van der Waals surface area contributed by atoms with Gasteiger partial charge in [0.25, 0.3) is 0 Å². The molecular weight excluding hydrogens is 256 g/mol. The van der Waals surface area contributed by atoms with Gasteiger partial charge in [0.05, 0.1) is 10.6 Å². The smallest absolute Gasteiger partial charge is 0.337 e. The van der Waals surface area contributed by atoms with Crippen LogP contribution in [0.2, 0.25) is 5.02 Å². The fraction of sp³-hybridized carbons (Fsp3) is 0.167. The van der Waals surface area contributed by atoms with Gasteiger partial charge >= 0.3 is 12.0 Å². The Balaban J connectivity index is 2.85. The number of nitrogens with zero attached hydrogens (tertiary/aromatic N) is 1. The minimum atomic E-state index is -1.14. The molecule has 0 unspecified atom stereocenters. The lowest BCUT2D eigenvalue weighted by Gasteiger charge is -2.16. The SMILES string of the molecule is C=CCN(C)C(=O)Nc1ccc(Cl)c(C(=O)O)c1. The van der Waals surface area contributed by atoms with Crippen molar-refractivity contribution in [2.45, 2.75) is 0 Å². The van der Waals surface area contributed by atoms with Gasteiger partial charge in [-0.25, -0.2) is 9.59 Å². The number of likely N-dealkylation sites (N-methyl/N-ethyl adjacent to an activating group) is 1. The van der Waals surface area contributed by atoms with Crippen LogP contribution in [0, 0.1) is 0 Å². The van der Waals surface area contributed by atoms with Gasteiger partial charge in [-0.3, -0.25) is 0 Å². The highest BCUT2D eigenvalue weighted by atomic mass is 35.5. The number of hydrogen-bond acceptors (Lipinski definition) is 2. The van der Waals surface area contributed by atoms with Gasteiger partial charge in [-0.05, 0) is 18.2 Å². The van der Waals surface area contributed by atoms with Crippen LogP contribution in [0.3, 0.4) is 0 Å². The molecule has 18 heavy (non-hydrogen) atoms. The predicted molar refractivity (Wildman–Crippen MR) is 70.3 cm³/mol. The van der Waals surface area contributed by atoms with Crippen molar-refractivity contribution in [2.24, 2.45) is 0 Å². The number of halogens is 1. The summed E-state index contributed by atoms with van der Waals surface area (Å²) >= 11 is 5.72. The third kappa shape index (κ3) is 3.49. The molecule has 96 valence electrons. The maximum Gasteiger partial charge on any atom is 0.337 e. The lowest BCUT2D eigenvalue weighted by Crippen LogP contribution is -2.31. The lowest BCUT2D eigenvalue weighted by molar-refractivity contribution is 0.0697. The van der Waals surface area contributed by atoms with E-state index in [0.29, 0.717) is 12.2 Å². The van der Waals surface area contributed by atoms with E-state index in [2.05, 4.69) is 11.9 Å². The minimum Gasteiger partial charge on any atom is -0.478 e. The maximum absolute atomic E-state index is 11.7. The number of carboxylic acids is 1. The lowest BCUT2D eigenvalue weighted by atomic mass is 10.2. The molecule has 0 aliphatic heterocycles. The minimum absolute atomic E-state index is 0.0548. The standard InChI is InChI=1S/C12H13ClN2O3/c1-3-6-15(2)12(18)14-8-4-5-10(13)9(7-8)11(16)17/h3-5,7H,1,6H2,2H3,(H,14,18)(H,16,17). The molecule has 2 N–H and O–H groups in total. The van der Waals surface area contributed by atoms with E-state index >= 15 is 0 Å². The normalized spacial score (nSPS) is 9.67. The molecule has 0 fully saturated rings. The molecule has 0 heterocycles. The molecule has 0 saturated heterocycles. The van der Waals surface area contributed by atoms with Crippen LogP contribution in [0.4, 0.5) is 10.5 Å². The molecule has 0 aliphatic carbocycles. The molecule has 5 nitrogen and oxygen atoms in total. The van der Waals surface area contributed by atoms with Gasteiger partial charge in [0.2, 0.25) is 0 Å². The molecule has 1 aromatic rings. The number of rotatable bonds is 4. The van der Waals surface area contributed by atoms with E-state index in [9.17, 15) is 9.59 Å². The van der Waals surface area contributed by atoms with Gasteiger partial charge in [-0.15, -0.1) is 6.58 Å². The van der Waals surface area contributed by atoms with Crippen molar-refractivity contribution < 1.29 is 14.7 Å². The molecule has 1 aromatic carbocycles. The van der Waals surface area contributed by atoms with Crippen LogP contribution in [0.1, 0.15) is 10.4 Å². The van der Waals surface area contributed by atoms with Gasteiger partial charge < -0.3 is 15.3 Å². The molecule has 0 saturated carbocycles. The highest BCUT2D eigenvalue weighted by Crippen LogP contribution is 2.20. The zero-order valence-corrected chi connectivity index (χ0v) is 10.6. The molecule has 0 aromatic heterocycles. The van der Waals surface area contributed by atoms with Crippen LogP contribution in [-0.4, -0.2) is 35.6 Å². The topological polar surface area (TPSA) is 69.6 Å². The van der Waals surface area contributed by atoms with Crippen molar-refractivity contribution in [3.63, 3.8) is 0 Å². The molecule has 1 rings (SSSR count). The van der Waals surface area contributed by atoms with Gasteiger partial charge in [-0.1, -0.05) is 17.7 Å². The number of carboxylic acid groups (broad SMARTS) is 1. The molecule has 0 aliphatic rings. The van der Waals surface area contributed by atoms with Gasteiger partial charge in [-0.2, -0.15) is 0 Å². The van der Waals surface area contributed by atoms with Crippen LogP contribution in [-0.2, 0) is 0 Å². The largest absolute Gasteiger partial charge is 0.478 e. The van der Waals surface area contributed by atoms with E-state index in [1.54, 1.807) is 13.1 Å². The average molecular weight is 269 g/mol. The number of urea groups is 1. The molecule has 2 amide bonds. The number of amides is 2. The first-order valence-electron chi connectivity index (χ1n) is 5.11. The number of nitrogens with one attached hydrogen (secondary N) is 1. The predicted octanol–water partition coefficient (Wildman–Crippen LogP) is 2.69. The number of hydrogen-bond donors (Lipinski definition) is 2. The average Bonchev–Trinajstić information content (AvgIpc) is 2.31. The Labute approximate surface area is 110 Å². The van der Waals surface area contributed by atoms with E-state index in [4.69, 9.17) is 16.7 Å². The van der Waals surface area contributed by atoms with E-state index < -0.39 is 5.97 Å². The summed E-state index contributed by atoms with van der Waals surface area (Å²) in [6, 6.07) is 3.92. The van der Waals surface area contributed by atoms with Crippen molar-refractivity contribution in [1.82, 2.24) is 4.90 Å². The summed E-state index contributed by atoms with van der Waals surface area (Å²) in [5.41, 5.74) is 0.318. The van der Waals surface area contributed by atoms with Crippen molar-refractivity contribution in [2.75, 3.05) is 18.9 Å². The fourth-order valence-electron chi connectivity index (χ4n) is 1.26. The Morgan fingerprint density at radius 2 is 2.22 bits per heavy atom. The molecule has 0 radical (unpaired) electrons. The van der Waals surface area contributed by atoms with Crippen molar-refractivity contribution in [3.8, 4) is 0 Å². The third-order valence-corrected chi connectivity index (χ3v) is 2.53. The highest BCUT2D eigenvalue weighted by molar-refractivity contribution is 6.33. The fourth-order valence-corrected chi connectivity index (χ4v) is 1.46. The molecule has 6 heteroatoms. The first kappa shape index (κ1) is 14.1. The zero-order valence-electron chi connectivity index (χ0n) is 9.81. The van der Waals surface area contributed by atoms with Crippen LogP contribution in [0.15, 0.2) is 30.9 Å². The van der Waals surface area contributed by atoms with Gasteiger partial charge in [0, 0.05) is 19.3 Å². The summed E-state index contributed by atoms with van der Waals surface area (Å²) in [5.74, 6) is -1.14. The van der Waals surface area contributed by atoms with Crippen molar-refractivity contribution in [3.05, 3.63) is 41.4 Å². The Hall–Kier alpha value is -2.01. The van der Waals surface area contributed by atoms with E-state index in [-0.39, 0.29) is 16.6 Å². The Kier molecular flexibility index (Phi) is 4.74. The van der Waals surface area contributed by atoms with Crippen LogP contribution in [0.25, 0.3) is 0 Å². The quantitative estimate of drug-likeness (QED) is 0.825. The monoisotopic (exact) mass is 268 g/mol. The van der Waals surface area contributed by atoms with Crippen LogP contribution in [0.5, 0.6) is 0 Å². The number of carbonyl (C=O) groups excluding carboxylic acids is 1. The summed E-state index contributed by atoms with van der Waals surface area (Å²) in [6.07, 6.45) is 1.59. The van der Waals surface area contributed by atoms with Crippen molar-refractivity contribution in [1.29, 1.82) is 0 Å². The molecule has 0 spiro atoms. The van der Waals surface area contributed by atoms with Crippen molar-refractivity contribution >= 4 is 29.3 Å². The van der Waals surface area contributed by atoms with Gasteiger partial charge in [0.1, 0.15) is 0 Å². The highest BCUT2D eigenvalue weighted by Gasteiger charge is 2.12. The number of aromatic carboxylic acids is 1. The second-order valence-electron chi connectivity index (χ2n) is 3.60. The summed E-state index contributed by atoms with van der Waals surface area (Å²) in [4.78, 5) is 23.9. The number of anilines is 1. The van der Waals surface area contributed by atoms with E-state index in [1.165, 1.54) is 23.1 Å².